The van der Waals surface area contributed by atoms with Crippen LogP contribution in [0.25, 0.3) is 0 Å². The number of sulfonamides is 1. The molecule has 0 aliphatic carbocycles. The Balaban J connectivity index is 3.06. The van der Waals surface area contributed by atoms with E-state index in [-0.39, 0.29) is 27.1 Å². The first-order chi connectivity index (χ1) is 9.08. The van der Waals surface area contributed by atoms with Gasteiger partial charge in [-0.25, -0.2) is 18.1 Å². The van der Waals surface area contributed by atoms with E-state index in [2.05, 4.69) is 9.71 Å². The van der Waals surface area contributed by atoms with Crippen LogP contribution in [0, 0.1) is 5.41 Å². The van der Waals surface area contributed by atoms with Crippen LogP contribution in [0.1, 0.15) is 27.2 Å². The van der Waals surface area contributed by atoms with E-state index < -0.39 is 16.1 Å². The number of halogens is 2. The van der Waals surface area contributed by atoms with Crippen molar-refractivity contribution in [2.24, 2.45) is 5.41 Å². The number of hydrogen-bond donors (Lipinski definition) is 2. The average Bonchev–Trinajstić information content (AvgIpc) is 2.30. The SMILES string of the molecule is CC(C)(C)C(CCO)NS(=O)(=O)c1cnc(Cl)c(Cl)c1. The molecule has 0 saturated heterocycles. The Labute approximate surface area is 129 Å². The Morgan fingerprint density at radius 1 is 1.40 bits per heavy atom. The predicted molar refractivity (Wildman–Crippen MR) is 79.5 cm³/mol. The maximum absolute atomic E-state index is 12.3. The lowest BCUT2D eigenvalue weighted by Gasteiger charge is -2.30. The van der Waals surface area contributed by atoms with Gasteiger partial charge in [0.2, 0.25) is 10.0 Å². The van der Waals surface area contributed by atoms with Crippen molar-refractivity contribution in [2.75, 3.05) is 6.61 Å². The number of nitrogens with zero attached hydrogens (tertiary/aromatic N) is 1. The molecule has 1 unspecified atom stereocenters. The van der Waals surface area contributed by atoms with Gasteiger partial charge in [0.15, 0.2) is 0 Å². The molecule has 0 bridgehead atoms. The molecule has 0 fully saturated rings. The third-order valence-corrected chi connectivity index (χ3v) is 4.97. The summed E-state index contributed by atoms with van der Waals surface area (Å²) in [4.78, 5) is 3.67. The van der Waals surface area contributed by atoms with Gasteiger partial charge in [-0.15, -0.1) is 0 Å². The highest BCUT2D eigenvalue weighted by Crippen LogP contribution is 2.26. The lowest BCUT2D eigenvalue weighted by Crippen LogP contribution is -2.44. The van der Waals surface area contributed by atoms with E-state index in [1.165, 1.54) is 6.07 Å². The lowest BCUT2D eigenvalue weighted by atomic mass is 9.86. The van der Waals surface area contributed by atoms with E-state index in [9.17, 15) is 8.42 Å². The molecule has 0 saturated carbocycles. The molecule has 114 valence electrons. The molecule has 0 aliphatic heterocycles. The quantitative estimate of drug-likeness (QED) is 0.807. The van der Waals surface area contributed by atoms with Crippen LogP contribution in [0.2, 0.25) is 10.2 Å². The van der Waals surface area contributed by atoms with Crippen LogP contribution < -0.4 is 4.72 Å². The Bertz CT molecular complexity index is 571. The van der Waals surface area contributed by atoms with E-state index in [1.54, 1.807) is 0 Å². The van der Waals surface area contributed by atoms with Crippen molar-refractivity contribution in [1.82, 2.24) is 9.71 Å². The lowest BCUT2D eigenvalue weighted by molar-refractivity contribution is 0.214. The summed E-state index contributed by atoms with van der Waals surface area (Å²) in [6.07, 6.45) is 1.46. The van der Waals surface area contributed by atoms with E-state index >= 15 is 0 Å². The first kappa shape index (κ1) is 17.7. The molecule has 5 nitrogen and oxygen atoms in total. The van der Waals surface area contributed by atoms with Crippen molar-refractivity contribution in [3.05, 3.63) is 22.4 Å². The second-order valence-corrected chi connectivity index (χ2v) is 7.98. The van der Waals surface area contributed by atoms with Crippen LogP contribution in [-0.4, -0.2) is 31.2 Å². The zero-order valence-electron chi connectivity index (χ0n) is 11.5. The number of pyridine rings is 1. The summed E-state index contributed by atoms with van der Waals surface area (Å²) in [6, 6.07) is 0.838. The Morgan fingerprint density at radius 3 is 2.45 bits per heavy atom. The summed E-state index contributed by atoms with van der Waals surface area (Å²) < 4.78 is 27.2. The summed E-state index contributed by atoms with van der Waals surface area (Å²) in [5, 5.41) is 9.18. The summed E-state index contributed by atoms with van der Waals surface area (Å²) in [5.41, 5.74) is -0.334. The fourth-order valence-corrected chi connectivity index (χ4v) is 3.38. The van der Waals surface area contributed by atoms with Crippen LogP contribution in [0.3, 0.4) is 0 Å². The van der Waals surface area contributed by atoms with Crippen LogP contribution in [0.5, 0.6) is 0 Å². The third-order valence-electron chi connectivity index (χ3n) is 2.84. The maximum atomic E-state index is 12.3. The standard InChI is InChI=1S/C12H18Cl2N2O3S/c1-12(2,3)10(4-5-17)16-20(18,19)8-6-9(13)11(14)15-7-8/h6-7,10,16-17H,4-5H2,1-3H3. The van der Waals surface area contributed by atoms with Gasteiger partial charge in [-0.3, -0.25) is 0 Å². The molecule has 2 N–H and O–H groups in total. The normalized spacial score (nSPS) is 14.3. The van der Waals surface area contributed by atoms with Crippen molar-refractivity contribution in [1.29, 1.82) is 0 Å². The maximum Gasteiger partial charge on any atom is 0.242 e. The highest BCUT2D eigenvalue weighted by Gasteiger charge is 2.29. The highest BCUT2D eigenvalue weighted by atomic mass is 35.5. The minimum atomic E-state index is -3.77. The average molecular weight is 341 g/mol. The summed E-state index contributed by atoms with van der Waals surface area (Å²) >= 11 is 11.4. The van der Waals surface area contributed by atoms with Gasteiger partial charge in [0, 0.05) is 18.8 Å². The second-order valence-electron chi connectivity index (χ2n) is 5.50. The Kier molecular flexibility index (Phi) is 5.80. The first-order valence-corrected chi connectivity index (χ1v) is 8.26. The smallest absolute Gasteiger partial charge is 0.242 e. The molecule has 20 heavy (non-hydrogen) atoms. The van der Waals surface area contributed by atoms with Gasteiger partial charge in [-0.2, -0.15) is 0 Å². The monoisotopic (exact) mass is 340 g/mol. The van der Waals surface area contributed by atoms with E-state index in [0.29, 0.717) is 6.42 Å². The minimum absolute atomic E-state index is 0.0494. The zero-order valence-corrected chi connectivity index (χ0v) is 13.8. The summed E-state index contributed by atoms with van der Waals surface area (Å²) in [5.74, 6) is 0. The van der Waals surface area contributed by atoms with E-state index in [1.807, 2.05) is 20.8 Å². The largest absolute Gasteiger partial charge is 0.396 e. The van der Waals surface area contributed by atoms with Gasteiger partial charge in [0.1, 0.15) is 10.0 Å². The van der Waals surface area contributed by atoms with Crippen molar-refractivity contribution in [3.8, 4) is 0 Å². The van der Waals surface area contributed by atoms with Gasteiger partial charge >= 0.3 is 0 Å². The number of aromatic nitrogens is 1. The molecular formula is C12H18Cl2N2O3S. The van der Waals surface area contributed by atoms with Crippen molar-refractivity contribution >= 4 is 33.2 Å². The minimum Gasteiger partial charge on any atom is -0.396 e. The van der Waals surface area contributed by atoms with Crippen molar-refractivity contribution < 1.29 is 13.5 Å². The van der Waals surface area contributed by atoms with E-state index in [4.69, 9.17) is 28.3 Å². The molecule has 1 aromatic rings. The first-order valence-electron chi connectivity index (χ1n) is 6.02. The highest BCUT2D eigenvalue weighted by molar-refractivity contribution is 7.89. The van der Waals surface area contributed by atoms with Crippen LogP contribution in [0.4, 0.5) is 0 Å². The van der Waals surface area contributed by atoms with Crippen molar-refractivity contribution in [3.63, 3.8) is 0 Å². The number of aliphatic hydroxyl groups excluding tert-OH is 1. The number of hydrogen-bond acceptors (Lipinski definition) is 4. The van der Waals surface area contributed by atoms with E-state index in [0.717, 1.165) is 6.20 Å². The van der Waals surface area contributed by atoms with Gasteiger partial charge in [-0.1, -0.05) is 44.0 Å². The molecular weight excluding hydrogens is 323 g/mol. The second kappa shape index (κ2) is 6.58. The van der Waals surface area contributed by atoms with Crippen LogP contribution in [0.15, 0.2) is 17.2 Å². The fraction of sp³-hybridized carbons (Fsp3) is 0.583. The van der Waals surface area contributed by atoms with Gasteiger partial charge < -0.3 is 5.11 Å². The third kappa shape index (κ3) is 4.56. The van der Waals surface area contributed by atoms with Gasteiger partial charge in [0.25, 0.3) is 0 Å². The molecule has 0 amide bonds. The van der Waals surface area contributed by atoms with Crippen LogP contribution in [-0.2, 0) is 10.0 Å². The molecule has 0 radical (unpaired) electrons. The fourth-order valence-electron chi connectivity index (χ4n) is 1.60. The van der Waals surface area contributed by atoms with Crippen LogP contribution >= 0.6 is 23.2 Å². The zero-order chi connectivity index (χ0) is 15.6. The van der Waals surface area contributed by atoms with Gasteiger partial charge in [-0.05, 0) is 17.9 Å². The molecule has 8 heteroatoms. The number of nitrogens with one attached hydrogen (secondary N) is 1. The molecule has 1 rings (SSSR count). The number of aliphatic hydroxyl groups is 1. The predicted octanol–water partition coefficient (Wildman–Crippen LogP) is 2.46. The molecule has 1 atom stereocenters. The summed E-state index contributed by atoms with van der Waals surface area (Å²) in [7, 11) is -3.77. The molecule has 1 heterocycles. The summed E-state index contributed by atoms with van der Waals surface area (Å²) in [6.45, 7) is 5.57. The Morgan fingerprint density at radius 2 is 2.00 bits per heavy atom. The molecule has 1 aromatic heterocycles. The van der Waals surface area contributed by atoms with Gasteiger partial charge in [0.05, 0.1) is 5.02 Å². The topological polar surface area (TPSA) is 79.3 Å². The molecule has 0 spiro atoms. The Hall–Kier alpha value is -0.400. The van der Waals surface area contributed by atoms with Crippen molar-refractivity contribution in [2.45, 2.75) is 38.1 Å². The molecule has 0 aliphatic rings. The number of rotatable bonds is 5. The molecule has 0 aromatic carbocycles.